The van der Waals surface area contributed by atoms with Gasteiger partial charge in [-0.1, -0.05) is 0 Å². The topological polar surface area (TPSA) is 32.8 Å². The van der Waals surface area contributed by atoms with E-state index < -0.39 is 0 Å². The molecule has 1 atom stereocenters. The van der Waals surface area contributed by atoms with Gasteiger partial charge < -0.3 is 9.64 Å². The largest absolute Gasteiger partial charge is 0.371 e. The predicted molar refractivity (Wildman–Crippen MR) is 65.7 cm³/mol. The van der Waals surface area contributed by atoms with E-state index in [9.17, 15) is 4.79 Å². The number of halogens is 1. The second kappa shape index (κ2) is 4.97. The minimum absolute atomic E-state index is 0.175. The molecule has 1 unspecified atom stereocenters. The molecule has 1 aliphatic heterocycles. The maximum atomic E-state index is 12.1. The molecule has 1 amide bonds. The van der Waals surface area contributed by atoms with Crippen LogP contribution in [0.3, 0.4) is 0 Å². The Hall–Kier alpha value is 0.120. The molecule has 0 aromatic heterocycles. The highest BCUT2D eigenvalue weighted by Crippen LogP contribution is 2.35. The van der Waals surface area contributed by atoms with Crippen molar-refractivity contribution >= 4 is 28.8 Å². The maximum absolute atomic E-state index is 12.1. The highest BCUT2D eigenvalue weighted by Gasteiger charge is 2.38. The number of methoxy groups -OCH3 is 1. The van der Waals surface area contributed by atoms with Crippen molar-refractivity contribution in [2.75, 3.05) is 33.3 Å². The van der Waals surface area contributed by atoms with Crippen molar-refractivity contribution < 1.29 is 9.53 Å². The summed E-state index contributed by atoms with van der Waals surface area (Å²) in [6.45, 7) is 3.61. The minimum atomic E-state index is -0.175. The van der Waals surface area contributed by atoms with Gasteiger partial charge in [-0.25, -0.2) is 3.11 Å². The summed E-state index contributed by atoms with van der Waals surface area (Å²) in [6, 6.07) is 0. The SMILES string of the molecule is COC(C(=O)N1CCN(I)CC1)C1CC1. The van der Waals surface area contributed by atoms with E-state index in [1.54, 1.807) is 7.11 Å². The highest BCUT2D eigenvalue weighted by molar-refractivity contribution is 14.1. The monoisotopic (exact) mass is 324 g/mol. The lowest BCUT2D eigenvalue weighted by Gasteiger charge is -2.33. The van der Waals surface area contributed by atoms with E-state index in [0.29, 0.717) is 5.92 Å². The summed E-state index contributed by atoms with van der Waals surface area (Å²) < 4.78 is 7.53. The lowest BCUT2D eigenvalue weighted by Crippen LogP contribution is -2.49. The van der Waals surface area contributed by atoms with Crippen LogP contribution < -0.4 is 0 Å². The molecule has 0 N–H and O–H groups in total. The van der Waals surface area contributed by atoms with E-state index in [2.05, 4.69) is 26.0 Å². The Balaban J connectivity index is 1.88. The Morgan fingerprint density at radius 3 is 2.40 bits per heavy atom. The van der Waals surface area contributed by atoms with Crippen LogP contribution in [0.25, 0.3) is 0 Å². The Morgan fingerprint density at radius 1 is 1.33 bits per heavy atom. The zero-order valence-corrected chi connectivity index (χ0v) is 11.1. The molecule has 2 aliphatic rings. The molecule has 2 rings (SSSR count). The molecule has 86 valence electrons. The first-order valence-corrected chi connectivity index (χ1v) is 6.41. The maximum Gasteiger partial charge on any atom is 0.252 e. The summed E-state index contributed by atoms with van der Waals surface area (Å²) in [7, 11) is 1.65. The van der Waals surface area contributed by atoms with Gasteiger partial charge in [0.15, 0.2) is 0 Å². The number of piperazine rings is 1. The van der Waals surface area contributed by atoms with Gasteiger partial charge in [-0.2, -0.15) is 0 Å². The van der Waals surface area contributed by atoms with Crippen LogP contribution in [0.1, 0.15) is 12.8 Å². The van der Waals surface area contributed by atoms with Crippen molar-refractivity contribution in [3.63, 3.8) is 0 Å². The molecular weight excluding hydrogens is 307 g/mol. The number of ether oxygens (including phenoxy) is 1. The summed E-state index contributed by atoms with van der Waals surface area (Å²) >= 11 is 2.31. The zero-order valence-electron chi connectivity index (χ0n) is 8.99. The van der Waals surface area contributed by atoms with Gasteiger partial charge in [-0.15, -0.1) is 0 Å². The van der Waals surface area contributed by atoms with Crippen LogP contribution in [0, 0.1) is 5.92 Å². The lowest BCUT2D eigenvalue weighted by atomic mass is 10.2. The van der Waals surface area contributed by atoms with Crippen LogP contribution >= 0.6 is 22.9 Å². The minimum Gasteiger partial charge on any atom is -0.371 e. The second-order valence-electron chi connectivity index (χ2n) is 4.23. The third kappa shape index (κ3) is 2.82. The number of carbonyl (C=O) groups is 1. The van der Waals surface area contributed by atoms with Crippen LogP contribution in [0.2, 0.25) is 0 Å². The predicted octanol–water partition coefficient (Wildman–Crippen LogP) is 0.906. The fourth-order valence-corrected chi connectivity index (χ4v) is 2.41. The van der Waals surface area contributed by atoms with Gasteiger partial charge in [-0.3, -0.25) is 4.79 Å². The quantitative estimate of drug-likeness (QED) is 0.571. The standard InChI is InChI=1S/C10H17IN2O2/c1-15-9(8-2-3-8)10(14)12-4-6-13(11)7-5-12/h8-9H,2-7H2,1H3. The number of carbonyl (C=O) groups excluding carboxylic acids is 1. The zero-order chi connectivity index (χ0) is 10.8. The third-order valence-corrected chi connectivity index (χ3v) is 4.05. The summed E-state index contributed by atoms with van der Waals surface area (Å²) in [5.41, 5.74) is 0. The van der Waals surface area contributed by atoms with Crippen molar-refractivity contribution in [2.45, 2.75) is 18.9 Å². The van der Waals surface area contributed by atoms with Crippen LogP contribution in [0.15, 0.2) is 0 Å². The molecule has 2 fully saturated rings. The number of hydrogen-bond donors (Lipinski definition) is 0. The van der Waals surface area contributed by atoms with Gasteiger partial charge in [0, 0.05) is 56.2 Å². The summed E-state index contributed by atoms with van der Waals surface area (Å²) in [5.74, 6) is 0.685. The molecule has 0 radical (unpaired) electrons. The fraction of sp³-hybridized carbons (Fsp3) is 0.900. The van der Waals surface area contributed by atoms with E-state index in [1.165, 1.54) is 0 Å². The molecule has 0 bridgehead atoms. The van der Waals surface area contributed by atoms with E-state index >= 15 is 0 Å². The Morgan fingerprint density at radius 2 is 1.93 bits per heavy atom. The molecule has 4 nitrogen and oxygen atoms in total. The number of amides is 1. The van der Waals surface area contributed by atoms with Crippen LogP contribution in [0.5, 0.6) is 0 Å². The molecule has 5 heteroatoms. The third-order valence-electron chi connectivity index (χ3n) is 3.08. The van der Waals surface area contributed by atoms with E-state index in [1.807, 2.05) is 4.90 Å². The molecule has 1 saturated heterocycles. The van der Waals surface area contributed by atoms with Gasteiger partial charge in [0.05, 0.1) is 0 Å². The van der Waals surface area contributed by atoms with Gasteiger partial charge in [0.25, 0.3) is 5.91 Å². The molecule has 15 heavy (non-hydrogen) atoms. The first-order chi connectivity index (χ1) is 7.22. The fourth-order valence-electron chi connectivity index (χ4n) is 1.98. The summed E-state index contributed by atoms with van der Waals surface area (Å²) in [5, 5.41) is 0. The molecule has 1 saturated carbocycles. The average Bonchev–Trinajstić information content (AvgIpc) is 3.04. The molecular formula is C10H17IN2O2. The number of hydrogen-bond acceptors (Lipinski definition) is 3. The van der Waals surface area contributed by atoms with E-state index in [0.717, 1.165) is 39.0 Å². The summed E-state index contributed by atoms with van der Waals surface area (Å²) in [6.07, 6.45) is 2.12. The van der Waals surface area contributed by atoms with E-state index in [-0.39, 0.29) is 12.0 Å². The second-order valence-corrected chi connectivity index (χ2v) is 5.59. The number of rotatable bonds is 3. The Kier molecular flexibility index (Phi) is 3.84. The van der Waals surface area contributed by atoms with Crippen LogP contribution in [-0.2, 0) is 9.53 Å². The van der Waals surface area contributed by atoms with E-state index in [4.69, 9.17) is 4.74 Å². The molecule has 0 aromatic carbocycles. The van der Waals surface area contributed by atoms with Crippen molar-refractivity contribution in [2.24, 2.45) is 5.92 Å². The molecule has 1 aliphatic carbocycles. The van der Waals surface area contributed by atoms with Gasteiger partial charge in [0.1, 0.15) is 6.10 Å². The van der Waals surface area contributed by atoms with Crippen molar-refractivity contribution in [3.8, 4) is 0 Å². The van der Waals surface area contributed by atoms with Crippen molar-refractivity contribution in [1.82, 2.24) is 8.01 Å². The Labute approximate surface area is 104 Å². The van der Waals surface area contributed by atoms with Crippen LogP contribution in [-0.4, -0.2) is 53.3 Å². The highest BCUT2D eigenvalue weighted by atomic mass is 127. The van der Waals surface area contributed by atoms with Crippen molar-refractivity contribution in [3.05, 3.63) is 0 Å². The van der Waals surface area contributed by atoms with Gasteiger partial charge >= 0.3 is 0 Å². The van der Waals surface area contributed by atoms with Crippen molar-refractivity contribution in [1.29, 1.82) is 0 Å². The summed E-state index contributed by atoms with van der Waals surface area (Å²) in [4.78, 5) is 14.0. The lowest BCUT2D eigenvalue weighted by molar-refractivity contribution is -0.144. The van der Waals surface area contributed by atoms with Crippen LogP contribution in [0.4, 0.5) is 0 Å². The molecule has 0 spiro atoms. The Bertz CT molecular complexity index is 238. The first kappa shape index (κ1) is 11.6. The molecule has 0 aromatic rings. The van der Waals surface area contributed by atoms with Gasteiger partial charge in [0.2, 0.25) is 0 Å². The first-order valence-electron chi connectivity index (χ1n) is 5.44. The normalized spacial score (nSPS) is 25.3. The number of nitrogens with zero attached hydrogens (tertiary/aromatic N) is 2. The average molecular weight is 324 g/mol. The molecule has 1 heterocycles. The van der Waals surface area contributed by atoms with Gasteiger partial charge in [-0.05, 0) is 18.8 Å². The smallest absolute Gasteiger partial charge is 0.252 e.